The molecule has 1 fully saturated rings. The van der Waals surface area contributed by atoms with Crippen LogP contribution in [0.2, 0.25) is 10.0 Å². The van der Waals surface area contributed by atoms with Crippen LogP contribution in [-0.2, 0) is 26.2 Å². The van der Waals surface area contributed by atoms with E-state index in [9.17, 15) is 18.0 Å². The molecule has 1 saturated carbocycles. The van der Waals surface area contributed by atoms with E-state index in [4.69, 9.17) is 27.9 Å². The fourth-order valence-corrected chi connectivity index (χ4v) is 7.30. The second kappa shape index (κ2) is 15.1. The molecule has 11 heteroatoms. The van der Waals surface area contributed by atoms with E-state index in [0.717, 1.165) is 35.6 Å². The van der Waals surface area contributed by atoms with Crippen LogP contribution in [0.1, 0.15) is 57.1 Å². The van der Waals surface area contributed by atoms with Crippen LogP contribution in [0.15, 0.2) is 71.6 Å². The lowest BCUT2D eigenvalue weighted by Crippen LogP contribution is -2.53. The standard InChI is InChI=1S/C33H39Cl2N3O5S/c1-4-29(33(40)36-26-10-6-7-11-26)37(21-24-16-17-25(34)20-28(24)35)32(39)22-38(30-12-8-9-13-31(30)43-5-2)44(41,42)27-18-14-23(3)15-19-27/h8-9,12-20,26,29H,4-7,10-11,21-22H2,1-3H3,(H,36,40)/t29-/m0/s1. The van der Waals surface area contributed by atoms with E-state index in [-0.39, 0.29) is 29.1 Å². The lowest BCUT2D eigenvalue weighted by atomic mass is 10.1. The second-order valence-corrected chi connectivity index (χ2v) is 13.6. The van der Waals surface area contributed by atoms with Gasteiger partial charge in [0.15, 0.2) is 0 Å². The molecule has 1 N–H and O–H groups in total. The molecule has 0 heterocycles. The van der Waals surface area contributed by atoms with Gasteiger partial charge in [0.2, 0.25) is 11.8 Å². The maximum Gasteiger partial charge on any atom is 0.264 e. The van der Waals surface area contributed by atoms with Crippen molar-refractivity contribution >= 4 is 50.7 Å². The average molecular weight is 661 g/mol. The van der Waals surface area contributed by atoms with Crippen molar-refractivity contribution in [2.75, 3.05) is 17.5 Å². The van der Waals surface area contributed by atoms with Crippen molar-refractivity contribution < 1.29 is 22.7 Å². The van der Waals surface area contributed by atoms with Gasteiger partial charge in [0.25, 0.3) is 10.0 Å². The molecule has 0 unspecified atom stereocenters. The predicted octanol–water partition coefficient (Wildman–Crippen LogP) is 6.76. The molecule has 0 radical (unpaired) electrons. The lowest BCUT2D eigenvalue weighted by Gasteiger charge is -2.34. The van der Waals surface area contributed by atoms with E-state index in [1.165, 1.54) is 17.0 Å². The Morgan fingerprint density at radius 3 is 2.32 bits per heavy atom. The molecule has 3 aromatic rings. The SMILES string of the molecule is CCOc1ccccc1N(CC(=O)N(Cc1ccc(Cl)cc1Cl)[C@@H](CC)C(=O)NC1CCCC1)S(=O)(=O)c1ccc(C)cc1. The van der Waals surface area contributed by atoms with Crippen molar-refractivity contribution in [3.8, 4) is 5.75 Å². The molecular weight excluding hydrogens is 621 g/mol. The molecule has 0 aliphatic heterocycles. The van der Waals surface area contributed by atoms with Crippen LogP contribution < -0.4 is 14.4 Å². The highest BCUT2D eigenvalue weighted by Crippen LogP contribution is 2.33. The quantitative estimate of drug-likeness (QED) is 0.219. The molecule has 0 bridgehead atoms. The summed E-state index contributed by atoms with van der Waals surface area (Å²) in [5.41, 5.74) is 1.70. The first-order chi connectivity index (χ1) is 21.0. The largest absolute Gasteiger partial charge is 0.492 e. The zero-order valence-corrected chi connectivity index (χ0v) is 27.6. The van der Waals surface area contributed by atoms with E-state index in [2.05, 4.69) is 5.32 Å². The molecule has 0 spiro atoms. The number of rotatable bonds is 13. The Labute approximate surface area is 270 Å². The fourth-order valence-electron chi connectivity index (χ4n) is 5.41. The van der Waals surface area contributed by atoms with Gasteiger partial charge in [-0.25, -0.2) is 8.42 Å². The zero-order valence-electron chi connectivity index (χ0n) is 25.3. The van der Waals surface area contributed by atoms with Crippen LogP contribution in [0.4, 0.5) is 5.69 Å². The minimum atomic E-state index is -4.24. The molecule has 3 aromatic carbocycles. The number of halogens is 2. The summed E-state index contributed by atoms with van der Waals surface area (Å²) in [6.45, 7) is 5.20. The summed E-state index contributed by atoms with van der Waals surface area (Å²) < 4.78 is 35.2. The topological polar surface area (TPSA) is 96.0 Å². The smallest absolute Gasteiger partial charge is 0.264 e. The van der Waals surface area contributed by atoms with Crippen molar-refractivity contribution in [1.82, 2.24) is 10.2 Å². The second-order valence-electron chi connectivity index (χ2n) is 10.9. The van der Waals surface area contributed by atoms with Gasteiger partial charge in [0.1, 0.15) is 18.3 Å². The van der Waals surface area contributed by atoms with Crippen LogP contribution in [0.25, 0.3) is 0 Å². The van der Waals surface area contributed by atoms with E-state index in [0.29, 0.717) is 34.4 Å². The van der Waals surface area contributed by atoms with Crippen molar-refractivity contribution in [2.24, 2.45) is 0 Å². The number of amides is 2. The molecule has 236 valence electrons. The number of ether oxygens (including phenoxy) is 1. The van der Waals surface area contributed by atoms with Crippen molar-refractivity contribution in [2.45, 2.75) is 76.4 Å². The molecule has 0 saturated heterocycles. The zero-order chi connectivity index (χ0) is 31.9. The third kappa shape index (κ3) is 8.06. The maximum atomic E-state index is 14.4. The number of carbonyl (C=O) groups is 2. The van der Waals surface area contributed by atoms with Crippen molar-refractivity contribution in [3.63, 3.8) is 0 Å². The van der Waals surface area contributed by atoms with E-state index < -0.39 is 28.5 Å². The highest BCUT2D eigenvalue weighted by molar-refractivity contribution is 7.92. The van der Waals surface area contributed by atoms with Gasteiger partial charge in [-0.05, 0) is 75.1 Å². The summed E-state index contributed by atoms with van der Waals surface area (Å²) >= 11 is 12.7. The van der Waals surface area contributed by atoms with Crippen LogP contribution in [-0.4, -0.2) is 50.4 Å². The molecule has 1 atom stereocenters. The third-order valence-electron chi connectivity index (χ3n) is 7.76. The minimum Gasteiger partial charge on any atom is -0.492 e. The van der Waals surface area contributed by atoms with Crippen LogP contribution in [0.3, 0.4) is 0 Å². The first kappa shape index (κ1) is 33.6. The van der Waals surface area contributed by atoms with Crippen LogP contribution in [0, 0.1) is 6.92 Å². The van der Waals surface area contributed by atoms with Gasteiger partial charge in [-0.3, -0.25) is 13.9 Å². The predicted molar refractivity (Wildman–Crippen MR) is 175 cm³/mol. The molecule has 8 nitrogen and oxygen atoms in total. The number of anilines is 1. The summed E-state index contributed by atoms with van der Waals surface area (Å²) in [5, 5.41) is 3.88. The first-order valence-electron chi connectivity index (χ1n) is 14.9. The highest BCUT2D eigenvalue weighted by Gasteiger charge is 2.35. The minimum absolute atomic E-state index is 0.0169. The maximum absolute atomic E-state index is 14.4. The molecule has 2 amide bonds. The van der Waals surface area contributed by atoms with Gasteiger partial charge in [0, 0.05) is 22.6 Å². The third-order valence-corrected chi connectivity index (χ3v) is 10.1. The Hall–Kier alpha value is -3.27. The Morgan fingerprint density at radius 1 is 1.00 bits per heavy atom. The highest BCUT2D eigenvalue weighted by atomic mass is 35.5. The van der Waals surface area contributed by atoms with E-state index in [1.54, 1.807) is 61.5 Å². The molecule has 1 aliphatic carbocycles. The van der Waals surface area contributed by atoms with Crippen LogP contribution >= 0.6 is 23.2 Å². The lowest BCUT2D eigenvalue weighted by molar-refractivity contribution is -0.140. The Bertz CT molecular complexity index is 1560. The summed E-state index contributed by atoms with van der Waals surface area (Å²) in [7, 11) is -4.24. The molecule has 1 aliphatic rings. The van der Waals surface area contributed by atoms with E-state index in [1.807, 2.05) is 13.8 Å². The Kier molecular flexibility index (Phi) is 11.6. The van der Waals surface area contributed by atoms with Gasteiger partial charge >= 0.3 is 0 Å². The van der Waals surface area contributed by atoms with Crippen molar-refractivity contribution in [1.29, 1.82) is 0 Å². The molecule has 4 rings (SSSR count). The summed E-state index contributed by atoms with van der Waals surface area (Å²) in [4.78, 5) is 29.5. The van der Waals surface area contributed by atoms with Crippen LogP contribution in [0.5, 0.6) is 5.75 Å². The van der Waals surface area contributed by atoms with Gasteiger partial charge < -0.3 is 15.0 Å². The van der Waals surface area contributed by atoms with E-state index >= 15 is 0 Å². The van der Waals surface area contributed by atoms with Gasteiger partial charge in [-0.2, -0.15) is 0 Å². The average Bonchev–Trinajstić information content (AvgIpc) is 3.50. The van der Waals surface area contributed by atoms with Crippen molar-refractivity contribution in [3.05, 3.63) is 87.9 Å². The fraction of sp³-hybridized carbons (Fsp3) is 0.394. The summed E-state index contributed by atoms with van der Waals surface area (Å²) in [6.07, 6.45) is 4.16. The monoisotopic (exact) mass is 659 g/mol. The number of carbonyl (C=O) groups excluding carboxylic acids is 2. The first-order valence-corrected chi connectivity index (χ1v) is 17.1. The Morgan fingerprint density at radius 2 is 1.68 bits per heavy atom. The number of nitrogens with zero attached hydrogens (tertiary/aromatic N) is 2. The number of para-hydroxylation sites is 2. The van der Waals surface area contributed by atoms with Gasteiger partial charge in [-0.1, -0.05) is 78.9 Å². The number of benzene rings is 3. The number of aryl methyl sites for hydroxylation is 1. The summed E-state index contributed by atoms with van der Waals surface area (Å²) in [6, 6.07) is 17.3. The molecular formula is C33H39Cl2N3O5S. The number of sulfonamides is 1. The van der Waals surface area contributed by atoms with Gasteiger partial charge in [-0.15, -0.1) is 0 Å². The molecule has 0 aromatic heterocycles. The number of hydrogen-bond donors (Lipinski definition) is 1. The number of hydrogen-bond acceptors (Lipinski definition) is 5. The normalized spacial score (nSPS) is 14.2. The summed E-state index contributed by atoms with van der Waals surface area (Å²) in [5.74, 6) is -0.524. The number of nitrogens with one attached hydrogen (secondary N) is 1. The Balaban J connectivity index is 1.77. The molecule has 44 heavy (non-hydrogen) atoms. The van der Waals surface area contributed by atoms with Gasteiger partial charge in [0.05, 0.1) is 17.2 Å².